The van der Waals surface area contributed by atoms with Gasteiger partial charge in [0.1, 0.15) is 5.75 Å². The van der Waals surface area contributed by atoms with Crippen LogP contribution in [0.5, 0.6) is 5.75 Å². The van der Waals surface area contributed by atoms with Gasteiger partial charge in [0.25, 0.3) is 0 Å². The Morgan fingerprint density at radius 2 is 2.05 bits per heavy atom. The lowest BCUT2D eigenvalue weighted by Gasteiger charge is -2.09. The molecule has 0 heterocycles. The van der Waals surface area contributed by atoms with E-state index in [1.165, 1.54) is 6.08 Å². The molecule has 2 aromatic rings. The quantitative estimate of drug-likeness (QED) is 0.668. The Kier molecular flexibility index (Phi) is 4.61. The van der Waals surface area contributed by atoms with Gasteiger partial charge in [-0.15, -0.1) is 0 Å². The third-order valence-electron chi connectivity index (χ3n) is 2.95. The van der Waals surface area contributed by atoms with E-state index in [4.69, 9.17) is 10.5 Å². The number of carbonyl (C=O) groups excluding carboxylic acids is 1. The van der Waals surface area contributed by atoms with Crippen LogP contribution in [-0.4, -0.2) is 13.0 Å². The molecule has 0 aliphatic carbocycles. The number of aryl methyl sites for hydroxylation is 1. The van der Waals surface area contributed by atoms with Crippen molar-refractivity contribution in [3.8, 4) is 5.75 Å². The largest absolute Gasteiger partial charge is 0.495 e. The maximum atomic E-state index is 12.0. The Labute approximate surface area is 124 Å². The van der Waals surface area contributed by atoms with Gasteiger partial charge < -0.3 is 15.8 Å². The van der Waals surface area contributed by atoms with Crippen LogP contribution in [0.2, 0.25) is 0 Å². The van der Waals surface area contributed by atoms with Crippen LogP contribution in [0.25, 0.3) is 6.08 Å². The standard InChI is InChI=1S/C17H18N2O2/c1-12-6-8-16(21-2)15(10-12)19-17(20)9-7-13-4-3-5-14(18)11-13/h3-11H,18H2,1-2H3,(H,19,20)/b9-7+. The van der Waals surface area contributed by atoms with E-state index in [0.29, 0.717) is 17.1 Å². The Hall–Kier alpha value is -2.75. The monoisotopic (exact) mass is 282 g/mol. The van der Waals surface area contributed by atoms with E-state index in [9.17, 15) is 4.79 Å². The molecule has 0 fully saturated rings. The van der Waals surface area contributed by atoms with Crippen molar-refractivity contribution in [3.63, 3.8) is 0 Å². The van der Waals surface area contributed by atoms with Crippen molar-refractivity contribution in [1.82, 2.24) is 0 Å². The lowest BCUT2D eigenvalue weighted by molar-refractivity contribution is -0.111. The van der Waals surface area contributed by atoms with Crippen LogP contribution in [-0.2, 0) is 4.79 Å². The summed E-state index contributed by atoms with van der Waals surface area (Å²) >= 11 is 0. The molecule has 108 valence electrons. The fraction of sp³-hybridized carbons (Fsp3) is 0.118. The highest BCUT2D eigenvalue weighted by molar-refractivity contribution is 6.02. The topological polar surface area (TPSA) is 64.3 Å². The van der Waals surface area contributed by atoms with Crippen molar-refractivity contribution in [2.24, 2.45) is 0 Å². The first kappa shape index (κ1) is 14.7. The smallest absolute Gasteiger partial charge is 0.248 e. The molecule has 2 rings (SSSR count). The first-order valence-electron chi connectivity index (χ1n) is 6.58. The molecular weight excluding hydrogens is 264 g/mol. The highest BCUT2D eigenvalue weighted by Gasteiger charge is 2.05. The lowest BCUT2D eigenvalue weighted by Crippen LogP contribution is -2.09. The number of nitrogens with two attached hydrogens (primary N) is 1. The number of rotatable bonds is 4. The number of carbonyl (C=O) groups is 1. The molecular formula is C17H18N2O2. The zero-order valence-electron chi connectivity index (χ0n) is 12.1. The maximum Gasteiger partial charge on any atom is 0.248 e. The molecule has 0 radical (unpaired) electrons. The van der Waals surface area contributed by atoms with E-state index in [1.807, 2.05) is 37.3 Å². The van der Waals surface area contributed by atoms with Gasteiger partial charge in [-0.1, -0.05) is 18.2 Å². The molecule has 21 heavy (non-hydrogen) atoms. The summed E-state index contributed by atoms with van der Waals surface area (Å²) in [7, 11) is 1.57. The van der Waals surface area contributed by atoms with Gasteiger partial charge in [-0.25, -0.2) is 0 Å². The Morgan fingerprint density at radius 1 is 1.24 bits per heavy atom. The van der Waals surface area contributed by atoms with Crippen LogP contribution >= 0.6 is 0 Å². The number of hydrogen-bond acceptors (Lipinski definition) is 3. The molecule has 0 saturated heterocycles. The van der Waals surface area contributed by atoms with Crippen LogP contribution < -0.4 is 15.8 Å². The fourth-order valence-corrected chi connectivity index (χ4v) is 1.93. The second-order valence-corrected chi connectivity index (χ2v) is 4.70. The number of amides is 1. The van der Waals surface area contributed by atoms with Crippen LogP contribution in [0.4, 0.5) is 11.4 Å². The van der Waals surface area contributed by atoms with Crippen molar-refractivity contribution in [2.45, 2.75) is 6.92 Å². The summed E-state index contributed by atoms with van der Waals surface area (Å²) in [6, 6.07) is 12.9. The Morgan fingerprint density at radius 3 is 2.76 bits per heavy atom. The molecule has 0 spiro atoms. The number of nitrogen functional groups attached to an aromatic ring is 1. The first-order chi connectivity index (χ1) is 10.1. The predicted molar refractivity (Wildman–Crippen MR) is 86.2 cm³/mol. The van der Waals surface area contributed by atoms with Gasteiger partial charge in [0.05, 0.1) is 12.8 Å². The molecule has 0 unspecified atom stereocenters. The molecule has 0 aliphatic heterocycles. The van der Waals surface area contributed by atoms with Crippen LogP contribution in [0.1, 0.15) is 11.1 Å². The zero-order chi connectivity index (χ0) is 15.2. The summed E-state index contributed by atoms with van der Waals surface area (Å²) in [6.07, 6.45) is 3.19. The summed E-state index contributed by atoms with van der Waals surface area (Å²) < 4.78 is 5.22. The van der Waals surface area contributed by atoms with Gasteiger partial charge in [0.15, 0.2) is 0 Å². The van der Waals surface area contributed by atoms with Gasteiger partial charge >= 0.3 is 0 Å². The van der Waals surface area contributed by atoms with Crippen LogP contribution in [0.15, 0.2) is 48.5 Å². The van der Waals surface area contributed by atoms with Crippen molar-refractivity contribution in [3.05, 3.63) is 59.7 Å². The first-order valence-corrected chi connectivity index (χ1v) is 6.58. The van der Waals surface area contributed by atoms with Crippen molar-refractivity contribution in [2.75, 3.05) is 18.2 Å². The minimum Gasteiger partial charge on any atom is -0.495 e. The second kappa shape index (κ2) is 6.61. The Balaban J connectivity index is 2.10. The molecule has 2 aromatic carbocycles. The molecule has 0 atom stereocenters. The van der Waals surface area contributed by atoms with Crippen molar-refractivity contribution in [1.29, 1.82) is 0 Å². The minimum atomic E-state index is -0.221. The zero-order valence-corrected chi connectivity index (χ0v) is 12.1. The van der Waals surface area contributed by atoms with Crippen molar-refractivity contribution >= 4 is 23.4 Å². The number of hydrogen-bond donors (Lipinski definition) is 2. The highest BCUT2D eigenvalue weighted by atomic mass is 16.5. The van der Waals surface area contributed by atoms with E-state index in [2.05, 4.69) is 5.32 Å². The van der Waals surface area contributed by atoms with E-state index in [1.54, 1.807) is 25.3 Å². The predicted octanol–water partition coefficient (Wildman–Crippen LogP) is 3.24. The van der Waals surface area contributed by atoms with Gasteiger partial charge in [-0.3, -0.25) is 4.79 Å². The Bertz CT molecular complexity index is 678. The number of methoxy groups -OCH3 is 1. The molecule has 4 nitrogen and oxygen atoms in total. The number of benzene rings is 2. The summed E-state index contributed by atoms with van der Waals surface area (Å²) in [5, 5.41) is 2.81. The molecule has 1 amide bonds. The van der Waals surface area contributed by atoms with Crippen LogP contribution in [0, 0.1) is 6.92 Å². The number of nitrogens with one attached hydrogen (secondary N) is 1. The molecule has 0 aliphatic rings. The van der Waals surface area contributed by atoms with E-state index in [-0.39, 0.29) is 5.91 Å². The molecule has 0 bridgehead atoms. The molecule has 0 saturated carbocycles. The molecule has 4 heteroatoms. The van der Waals surface area contributed by atoms with E-state index >= 15 is 0 Å². The van der Waals surface area contributed by atoms with Gasteiger partial charge in [-0.05, 0) is 48.4 Å². The molecule has 0 aromatic heterocycles. The van der Waals surface area contributed by atoms with Gasteiger partial charge in [-0.2, -0.15) is 0 Å². The van der Waals surface area contributed by atoms with E-state index < -0.39 is 0 Å². The molecule has 3 N–H and O–H groups in total. The average molecular weight is 282 g/mol. The number of ether oxygens (including phenoxy) is 1. The maximum absolute atomic E-state index is 12.0. The van der Waals surface area contributed by atoms with E-state index in [0.717, 1.165) is 11.1 Å². The SMILES string of the molecule is COc1ccc(C)cc1NC(=O)/C=C/c1cccc(N)c1. The average Bonchev–Trinajstić information content (AvgIpc) is 2.45. The summed E-state index contributed by atoms with van der Waals surface area (Å²) in [5.41, 5.74) is 8.93. The number of anilines is 2. The summed E-state index contributed by atoms with van der Waals surface area (Å²) in [5.74, 6) is 0.410. The van der Waals surface area contributed by atoms with Crippen molar-refractivity contribution < 1.29 is 9.53 Å². The normalized spacial score (nSPS) is 10.6. The third-order valence-corrected chi connectivity index (χ3v) is 2.95. The summed E-state index contributed by atoms with van der Waals surface area (Å²) in [6.45, 7) is 1.96. The second-order valence-electron chi connectivity index (χ2n) is 4.70. The lowest BCUT2D eigenvalue weighted by atomic mass is 10.2. The third kappa shape index (κ3) is 4.11. The summed E-state index contributed by atoms with van der Waals surface area (Å²) in [4.78, 5) is 12.0. The van der Waals surface area contributed by atoms with Gasteiger partial charge in [0, 0.05) is 11.8 Å². The highest BCUT2D eigenvalue weighted by Crippen LogP contribution is 2.25. The van der Waals surface area contributed by atoms with Gasteiger partial charge in [0.2, 0.25) is 5.91 Å². The fourth-order valence-electron chi connectivity index (χ4n) is 1.93. The van der Waals surface area contributed by atoms with Crippen LogP contribution in [0.3, 0.4) is 0 Å². The minimum absolute atomic E-state index is 0.221.